The van der Waals surface area contributed by atoms with E-state index in [9.17, 15) is 18.4 Å². The number of imide groups is 1. The molecular weight excluding hydrogens is 575 g/mol. The molecule has 9 heteroatoms. The summed E-state index contributed by atoms with van der Waals surface area (Å²) in [5, 5.41) is -0.396. The van der Waals surface area contributed by atoms with Gasteiger partial charge in [-0.2, -0.15) is 0 Å². The summed E-state index contributed by atoms with van der Waals surface area (Å²) in [6, 6.07) is 15.5. The summed E-state index contributed by atoms with van der Waals surface area (Å²) >= 11 is 2.92. The molecule has 2 amide bonds. The zero-order valence-corrected chi connectivity index (χ0v) is 20.9. The van der Waals surface area contributed by atoms with Crippen molar-refractivity contribution in [1.82, 2.24) is 4.90 Å². The number of thioether (sulfide) groups is 1. The van der Waals surface area contributed by atoms with Crippen molar-refractivity contribution in [3.8, 4) is 11.5 Å². The Balaban J connectivity index is 1.53. The van der Waals surface area contributed by atoms with Gasteiger partial charge in [0.1, 0.15) is 18.2 Å². The first kappa shape index (κ1) is 24.2. The summed E-state index contributed by atoms with van der Waals surface area (Å²) in [7, 11) is 1.49. The van der Waals surface area contributed by atoms with Crippen LogP contribution in [-0.2, 0) is 17.9 Å². The number of nitrogens with zero attached hydrogens (tertiary/aromatic N) is 1. The fourth-order valence-electron chi connectivity index (χ4n) is 3.29. The van der Waals surface area contributed by atoms with Crippen molar-refractivity contribution < 1.29 is 27.8 Å². The smallest absolute Gasteiger partial charge is 0.293 e. The van der Waals surface area contributed by atoms with E-state index in [1.54, 1.807) is 36.4 Å². The molecule has 34 heavy (non-hydrogen) atoms. The van der Waals surface area contributed by atoms with E-state index in [1.165, 1.54) is 37.4 Å². The lowest BCUT2D eigenvalue weighted by atomic mass is 10.1. The summed E-state index contributed by atoms with van der Waals surface area (Å²) in [6.45, 7) is 0.0899. The molecule has 3 aromatic rings. The van der Waals surface area contributed by atoms with E-state index in [2.05, 4.69) is 22.6 Å². The first-order valence-corrected chi connectivity index (χ1v) is 12.0. The quantitative estimate of drug-likeness (QED) is 0.235. The van der Waals surface area contributed by atoms with Crippen LogP contribution < -0.4 is 9.47 Å². The predicted molar refractivity (Wildman–Crippen MR) is 134 cm³/mol. The monoisotopic (exact) mass is 593 g/mol. The third-order valence-electron chi connectivity index (χ3n) is 5.01. The van der Waals surface area contributed by atoms with Gasteiger partial charge in [-0.1, -0.05) is 30.3 Å². The molecular formula is C25H18F2INO4S. The lowest BCUT2D eigenvalue weighted by molar-refractivity contribution is -0.123. The first-order chi connectivity index (χ1) is 16.4. The van der Waals surface area contributed by atoms with Crippen LogP contribution in [0.5, 0.6) is 11.5 Å². The van der Waals surface area contributed by atoms with Crippen LogP contribution in [0, 0.1) is 15.2 Å². The van der Waals surface area contributed by atoms with E-state index in [4.69, 9.17) is 9.47 Å². The summed E-state index contributed by atoms with van der Waals surface area (Å²) in [5.74, 6) is -0.298. The molecule has 1 aliphatic rings. The third-order valence-corrected chi connectivity index (χ3v) is 6.72. The first-order valence-electron chi connectivity index (χ1n) is 10.1. The summed E-state index contributed by atoms with van der Waals surface area (Å²) in [6.07, 6.45) is 1.61. The Morgan fingerprint density at radius 1 is 1.06 bits per heavy atom. The molecule has 0 aliphatic carbocycles. The maximum atomic E-state index is 13.9. The third kappa shape index (κ3) is 5.41. The summed E-state index contributed by atoms with van der Waals surface area (Å²) in [5.41, 5.74) is 1.71. The van der Waals surface area contributed by atoms with Gasteiger partial charge in [-0.3, -0.25) is 14.5 Å². The number of carbonyl (C=O) groups excluding carboxylic acids is 2. The van der Waals surface area contributed by atoms with Gasteiger partial charge < -0.3 is 9.47 Å². The largest absolute Gasteiger partial charge is 0.493 e. The van der Waals surface area contributed by atoms with Crippen molar-refractivity contribution in [1.29, 1.82) is 0 Å². The van der Waals surface area contributed by atoms with Crippen LogP contribution in [0.15, 0.2) is 65.6 Å². The Labute approximate surface area is 212 Å². The highest BCUT2D eigenvalue weighted by molar-refractivity contribution is 14.1. The predicted octanol–water partition coefficient (Wildman–Crippen LogP) is 6.39. The molecule has 3 aromatic carbocycles. The Kier molecular flexibility index (Phi) is 7.52. The van der Waals surface area contributed by atoms with Crippen LogP contribution in [0.25, 0.3) is 6.08 Å². The van der Waals surface area contributed by atoms with Gasteiger partial charge in [0.15, 0.2) is 11.5 Å². The Bertz CT molecular complexity index is 1280. The van der Waals surface area contributed by atoms with E-state index in [0.717, 1.165) is 16.7 Å². The van der Waals surface area contributed by atoms with Crippen molar-refractivity contribution in [2.24, 2.45) is 0 Å². The van der Waals surface area contributed by atoms with Crippen LogP contribution in [-0.4, -0.2) is 23.2 Å². The molecule has 1 aliphatic heterocycles. The number of ether oxygens (including phenoxy) is 2. The van der Waals surface area contributed by atoms with E-state index in [-0.39, 0.29) is 29.7 Å². The second-order valence-electron chi connectivity index (χ2n) is 7.31. The molecule has 0 N–H and O–H groups in total. The molecule has 1 saturated heterocycles. The Morgan fingerprint density at radius 2 is 1.79 bits per heavy atom. The molecule has 0 radical (unpaired) electrons. The SMILES string of the molecule is COc1cc(/C=C2\SC(=O)N(Cc3ccc(F)cc3)C2=O)cc(I)c1OCc1ccccc1F. The Morgan fingerprint density at radius 3 is 2.50 bits per heavy atom. The molecule has 174 valence electrons. The number of amides is 2. The molecule has 5 nitrogen and oxygen atoms in total. The minimum Gasteiger partial charge on any atom is -0.493 e. The standard InChI is InChI=1S/C25H18F2INO4S/c1-32-21-11-16(10-20(28)23(21)33-14-17-4-2-3-5-19(17)27)12-22-24(30)29(25(31)34-22)13-15-6-8-18(26)9-7-15/h2-12H,13-14H2,1H3/b22-12-. The van der Waals surface area contributed by atoms with E-state index in [0.29, 0.717) is 31.8 Å². The highest BCUT2D eigenvalue weighted by Crippen LogP contribution is 2.38. The molecule has 0 bridgehead atoms. The zero-order chi connectivity index (χ0) is 24.2. The van der Waals surface area contributed by atoms with Crippen LogP contribution in [0.2, 0.25) is 0 Å². The normalized spacial score (nSPS) is 14.7. The summed E-state index contributed by atoms with van der Waals surface area (Å²) < 4.78 is 39.0. The number of hydrogen-bond donors (Lipinski definition) is 0. The molecule has 0 unspecified atom stereocenters. The van der Waals surface area contributed by atoms with Gasteiger partial charge in [0.25, 0.3) is 11.1 Å². The van der Waals surface area contributed by atoms with E-state index < -0.39 is 11.1 Å². The van der Waals surface area contributed by atoms with Crippen LogP contribution in [0.4, 0.5) is 13.6 Å². The van der Waals surface area contributed by atoms with Gasteiger partial charge >= 0.3 is 0 Å². The lowest BCUT2D eigenvalue weighted by Crippen LogP contribution is -2.27. The maximum absolute atomic E-state index is 13.9. The molecule has 0 atom stereocenters. The molecule has 0 aromatic heterocycles. The summed E-state index contributed by atoms with van der Waals surface area (Å²) in [4.78, 5) is 26.7. The molecule has 0 saturated carbocycles. The molecule has 0 spiro atoms. The van der Waals surface area contributed by atoms with E-state index in [1.807, 2.05) is 0 Å². The Hall–Kier alpha value is -2.92. The highest BCUT2D eigenvalue weighted by Gasteiger charge is 2.35. The van der Waals surface area contributed by atoms with Gasteiger partial charge in [-0.15, -0.1) is 0 Å². The minimum atomic E-state index is -0.423. The van der Waals surface area contributed by atoms with Crippen LogP contribution in [0.1, 0.15) is 16.7 Å². The van der Waals surface area contributed by atoms with Gasteiger partial charge in [0.2, 0.25) is 0 Å². The molecule has 1 heterocycles. The van der Waals surface area contributed by atoms with Gasteiger partial charge in [0, 0.05) is 5.56 Å². The zero-order valence-electron chi connectivity index (χ0n) is 17.9. The van der Waals surface area contributed by atoms with Crippen molar-refractivity contribution in [3.05, 3.63) is 97.5 Å². The van der Waals surface area contributed by atoms with Crippen LogP contribution in [0.3, 0.4) is 0 Å². The number of halogens is 3. The number of rotatable bonds is 7. The number of carbonyl (C=O) groups is 2. The van der Waals surface area contributed by atoms with Crippen LogP contribution >= 0.6 is 34.4 Å². The highest BCUT2D eigenvalue weighted by atomic mass is 127. The number of methoxy groups -OCH3 is 1. The lowest BCUT2D eigenvalue weighted by Gasteiger charge is -2.14. The van der Waals surface area contributed by atoms with Crippen molar-refractivity contribution in [2.45, 2.75) is 13.2 Å². The number of hydrogen-bond acceptors (Lipinski definition) is 5. The van der Waals surface area contributed by atoms with Crippen molar-refractivity contribution in [3.63, 3.8) is 0 Å². The van der Waals surface area contributed by atoms with Gasteiger partial charge in [-0.05, 0) is 81.9 Å². The van der Waals surface area contributed by atoms with Crippen molar-refractivity contribution in [2.75, 3.05) is 7.11 Å². The van der Waals surface area contributed by atoms with Crippen molar-refractivity contribution >= 4 is 51.6 Å². The maximum Gasteiger partial charge on any atom is 0.293 e. The minimum absolute atomic E-state index is 0.0284. The second-order valence-corrected chi connectivity index (χ2v) is 9.46. The second kappa shape index (κ2) is 10.6. The molecule has 1 fully saturated rings. The average Bonchev–Trinajstić information content (AvgIpc) is 3.07. The number of benzene rings is 3. The van der Waals surface area contributed by atoms with E-state index >= 15 is 0 Å². The van der Waals surface area contributed by atoms with Gasteiger partial charge in [0.05, 0.1) is 22.1 Å². The average molecular weight is 593 g/mol. The van der Waals surface area contributed by atoms with Gasteiger partial charge in [-0.25, -0.2) is 8.78 Å². The topological polar surface area (TPSA) is 55.8 Å². The molecule has 4 rings (SSSR count). The fraction of sp³-hybridized carbons (Fsp3) is 0.120. The fourth-order valence-corrected chi connectivity index (χ4v) is 4.91.